The summed E-state index contributed by atoms with van der Waals surface area (Å²) in [5.74, 6) is 0. The van der Waals surface area contributed by atoms with Crippen molar-refractivity contribution in [3.63, 3.8) is 0 Å². The minimum absolute atomic E-state index is 0.544. The third-order valence-corrected chi connectivity index (χ3v) is 1.97. The van der Waals surface area contributed by atoms with E-state index in [1.807, 2.05) is 6.07 Å². The Balaban J connectivity index is 3.05. The molecule has 1 rings (SSSR count). The van der Waals surface area contributed by atoms with Crippen molar-refractivity contribution in [2.45, 2.75) is 0 Å². The lowest BCUT2D eigenvalue weighted by Crippen LogP contribution is -1.78. The maximum atomic E-state index is 5.74. The molecular weight excluding hydrogens is 181 g/mol. The van der Waals surface area contributed by atoms with Crippen molar-refractivity contribution in [1.82, 2.24) is 0 Å². The number of benzene rings is 1. The van der Waals surface area contributed by atoms with E-state index in [1.165, 1.54) is 6.20 Å². The van der Waals surface area contributed by atoms with E-state index in [4.69, 9.17) is 28.9 Å². The highest BCUT2D eigenvalue weighted by Crippen LogP contribution is 2.22. The fourth-order valence-corrected chi connectivity index (χ4v) is 1.03. The molecule has 0 aromatic heterocycles. The Morgan fingerprint density at radius 3 is 2.45 bits per heavy atom. The first-order valence-corrected chi connectivity index (χ1v) is 3.83. The van der Waals surface area contributed by atoms with Crippen LogP contribution in [0.3, 0.4) is 0 Å². The molecule has 0 saturated carbocycles. The van der Waals surface area contributed by atoms with E-state index in [1.54, 1.807) is 18.2 Å². The zero-order valence-electron chi connectivity index (χ0n) is 5.72. The number of nitrogens with two attached hydrogens (primary N) is 1. The smallest absolute Gasteiger partial charge is 0.0598 e. The van der Waals surface area contributed by atoms with Gasteiger partial charge in [0.1, 0.15) is 0 Å². The second-order valence-electron chi connectivity index (χ2n) is 2.03. The summed E-state index contributed by atoms with van der Waals surface area (Å²) in [5, 5.41) is 1.10. The minimum Gasteiger partial charge on any atom is -0.405 e. The molecule has 1 nitrogen and oxygen atoms in total. The highest BCUT2D eigenvalue weighted by molar-refractivity contribution is 6.42. The standard InChI is InChI=1S/C8H7Cl2N/c9-7-2-1-6(3-4-11)5-8(7)10/h1-5H,11H2/b4-3+. The average Bonchev–Trinajstić information content (AvgIpc) is 1.98. The summed E-state index contributed by atoms with van der Waals surface area (Å²) in [4.78, 5) is 0. The van der Waals surface area contributed by atoms with E-state index in [0.29, 0.717) is 10.0 Å². The zero-order chi connectivity index (χ0) is 8.27. The Morgan fingerprint density at radius 1 is 1.18 bits per heavy atom. The zero-order valence-corrected chi connectivity index (χ0v) is 7.23. The predicted molar refractivity (Wildman–Crippen MR) is 49.7 cm³/mol. The maximum absolute atomic E-state index is 5.74. The summed E-state index contributed by atoms with van der Waals surface area (Å²) in [5.41, 5.74) is 6.14. The number of halogens is 2. The van der Waals surface area contributed by atoms with Gasteiger partial charge >= 0.3 is 0 Å². The SMILES string of the molecule is N/C=C/c1ccc(Cl)c(Cl)c1. The van der Waals surface area contributed by atoms with Gasteiger partial charge in [-0.1, -0.05) is 29.3 Å². The predicted octanol–water partition coefficient (Wildman–Crippen LogP) is 2.92. The van der Waals surface area contributed by atoms with Crippen molar-refractivity contribution >= 4 is 29.3 Å². The molecule has 2 N–H and O–H groups in total. The molecule has 0 bridgehead atoms. The Hall–Kier alpha value is -0.660. The number of rotatable bonds is 1. The fraction of sp³-hybridized carbons (Fsp3) is 0. The Bertz CT molecular complexity index is 281. The fourth-order valence-electron chi connectivity index (χ4n) is 0.727. The molecule has 0 heterocycles. The Kier molecular flexibility index (Phi) is 2.80. The second-order valence-corrected chi connectivity index (χ2v) is 2.85. The number of hydrogen-bond donors (Lipinski definition) is 1. The van der Waals surface area contributed by atoms with Crippen LogP contribution in [0.15, 0.2) is 24.4 Å². The lowest BCUT2D eigenvalue weighted by Gasteiger charge is -1.95. The van der Waals surface area contributed by atoms with Gasteiger partial charge in [0.15, 0.2) is 0 Å². The van der Waals surface area contributed by atoms with Gasteiger partial charge in [-0.25, -0.2) is 0 Å². The van der Waals surface area contributed by atoms with Gasteiger partial charge in [-0.05, 0) is 30.0 Å². The van der Waals surface area contributed by atoms with E-state index in [0.717, 1.165) is 5.56 Å². The molecule has 1 aromatic rings. The van der Waals surface area contributed by atoms with Gasteiger partial charge < -0.3 is 5.73 Å². The van der Waals surface area contributed by atoms with Crippen LogP contribution in [0.4, 0.5) is 0 Å². The molecule has 0 fully saturated rings. The van der Waals surface area contributed by atoms with Crippen molar-refractivity contribution in [2.75, 3.05) is 0 Å². The lowest BCUT2D eigenvalue weighted by molar-refractivity contribution is 1.60. The van der Waals surface area contributed by atoms with Crippen LogP contribution >= 0.6 is 23.2 Å². The molecule has 0 aliphatic rings. The monoisotopic (exact) mass is 187 g/mol. The van der Waals surface area contributed by atoms with Crippen LogP contribution in [0.1, 0.15) is 5.56 Å². The highest BCUT2D eigenvalue weighted by atomic mass is 35.5. The van der Waals surface area contributed by atoms with E-state index in [9.17, 15) is 0 Å². The van der Waals surface area contributed by atoms with Crippen LogP contribution in [-0.4, -0.2) is 0 Å². The summed E-state index contributed by atoms with van der Waals surface area (Å²) < 4.78 is 0. The molecule has 58 valence electrons. The van der Waals surface area contributed by atoms with Crippen LogP contribution in [0.25, 0.3) is 6.08 Å². The summed E-state index contributed by atoms with van der Waals surface area (Å²) in [6.45, 7) is 0. The molecule has 0 unspecified atom stereocenters. The summed E-state index contributed by atoms with van der Waals surface area (Å²) >= 11 is 11.4. The largest absolute Gasteiger partial charge is 0.405 e. The Morgan fingerprint density at radius 2 is 1.91 bits per heavy atom. The van der Waals surface area contributed by atoms with Crippen molar-refractivity contribution < 1.29 is 0 Å². The van der Waals surface area contributed by atoms with E-state index in [2.05, 4.69) is 0 Å². The molecule has 0 amide bonds. The van der Waals surface area contributed by atoms with Crippen LogP contribution in [0.5, 0.6) is 0 Å². The first kappa shape index (κ1) is 8.44. The van der Waals surface area contributed by atoms with Gasteiger partial charge in [0, 0.05) is 0 Å². The van der Waals surface area contributed by atoms with Crippen molar-refractivity contribution in [3.05, 3.63) is 40.0 Å². The van der Waals surface area contributed by atoms with Crippen LogP contribution in [0.2, 0.25) is 10.0 Å². The highest BCUT2D eigenvalue weighted by Gasteiger charge is 1.95. The van der Waals surface area contributed by atoms with Crippen LogP contribution < -0.4 is 5.73 Å². The number of hydrogen-bond acceptors (Lipinski definition) is 1. The third kappa shape index (κ3) is 2.14. The maximum Gasteiger partial charge on any atom is 0.0598 e. The third-order valence-electron chi connectivity index (χ3n) is 1.23. The van der Waals surface area contributed by atoms with Crippen LogP contribution in [0, 0.1) is 0 Å². The second kappa shape index (κ2) is 3.65. The first-order valence-electron chi connectivity index (χ1n) is 3.07. The summed E-state index contributed by atoms with van der Waals surface area (Å²) in [6, 6.07) is 5.34. The van der Waals surface area contributed by atoms with E-state index >= 15 is 0 Å². The van der Waals surface area contributed by atoms with Crippen molar-refractivity contribution in [2.24, 2.45) is 5.73 Å². The van der Waals surface area contributed by atoms with Gasteiger partial charge in [-0.15, -0.1) is 0 Å². The van der Waals surface area contributed by atoms with E-state index in [-0.39, 0.29) is 0 Å². The van der Waals surface area contributed by atoms with Crippen LogP contribution in [-0.2, 0) is 0 Å². The molecule has 3 heteroatoms. The van der Waals surface area contributed by atoms with Gasteiger partial charge in [-0.2, -0.15) is 0 Å². The molecular formula is C8H7Cl2N. The first-order chi connectivity index (χ1) is 5.24. The van der Waals surface area contributed by atoms with Gasteiger partial charge in [0.2, 0.25) is 0 Å². The molecule has 11 heavy (non-hydrogen) atoms. The molecule has 0 saturated heterocycles. The lowest BCUT2D eigenvalue weighted by atomic mass is 10.2. The quantitative estimate of drug-likeness (QED) is 0.720. The normalized spacial score (nSPS) is 10.7. The molecule has 0 radical (unpaired) electrons. The molecule has 0 aliphatic heterocycles. The summed E-state index contributed by atoms with van der Waals surface area (Å²) in [6.07, 6.45) is 3.21. The van der Waals surface area contributed by atoms with Crippen molar-refractivity contribution in [3.8, 4) is 0 Å². The van der Waals surface area contributed by atoms with Gasteiger partial charge in [0.05, 0.1) is 10.0 Å². The molecule has 0 spiro atoms. The Labute approximate surface area is 75.4 Å². The average molecular weight is 188 g/mol. The molecule has 1 aromatic carbocycles. The van der Waals surface area contributed by atoms with Gasteiger partial charge in [0.25, 0.3) is 0 Å². The minimum atomic E-state index is 0.544. The summed E-state index contributed by atoms with van der Waals surface area (Å²) in [7, 11) is 0. The topological polar surface area (TPSA) is 26.0 Å². The molecule has 0 atom stereocenters. The van der Waals surface area contributed by atoms with Gasteiger partial charge in [-0.3, -0.25) is 0 Å². The van der Waals surface area contributed by atoms with Crippen molar-refractivity contribution in [1.29, 1.82) is 0 Å². The molecule has 0 aliphatic carbocycles. The van der Waals surface area contributed by atoms with E-state index < -0.39 is 0 Å².